The highest BCUT2D eigenvalue weighted by Gasteiger charge is 2.35. The van der Waals surface area contributed by atoms with Crippen LogP contribution in [-0.4, -0.2) is 80.6 Å². The molecule has 1 aromatic carbocycles. The monoisotopic (exact) mass is 554 g/mol. The van der Waals surface area contributed by atoms with Gasteiger partial charge in [0.05, 0.1) is 41.4 Å². The minimum Gasteiger partial charge on any atom is -0.488 e. The summed E-state index contributed by atoms with van der Waals surface area (Å²) in [6.07, 6.45) is 1.82. The molecule has 0 amide bonds. The third-order valence-corrected chi connectivity index (χ3v) is 8.20. The van der Waals surface area contributed by atoms with Gasteiger partial charge in [-0.1, -0.05) is 11.6 Å². The van der Waals surface area contributed by atoms with E-state index in [9.17, 15) is 18.6 Å². The molecule has 2 aliphatic rings. The van der Waals surface area contributed by atoms with E-state index in [4.69, 9.17) is 16.3 Å². The molecule has 3 atom stereocenters. The van der Waals surface area contributed by atoms with E-state index in [2.05, 4.69) is 20.3 Å². The molecule has 0 unspecified atom stereocenters. The Hall–Kier alpha value is -2.58. The molecule has 3 N–H and O–H groups in total. The third kappa shape index (κ3) is 4.63. The van der Waals surface area contributed by atoms with E-state index in [1.807, 2.05) is 6.92 Å². The average Bonchev–Trinajstić information content (AvgIpc) is 3.23. The van der Waals surface area contributed by atoms with Crippen molar-refractivity contribution in [3.8, 4) is 17.0 Å². The fourth-order valence-electron chi connectivity index (χ4n) is 4.83. The number of ether oxygens (including phenoxy) is 1. The average molecular weight is 555 g/mol. The van der Waals surface area contributed by atoms with Crippen molar-refractivity contribution in [3.05, 3.63) is 28.9 Å². The maximum absolute atomic E-state index is 15.4. The number of aromatic nitrogens is 4. The summed E-state index contributed by atoms with van der Waals surface area (Å²) in [6.45, 7) is 5.52. The van der Waals surface area contributed by atoms with E-state index < -0.39 is 33.6 Å². The van der Waals surface area contributed by atoms with E-state index in [1.54, 1.807) is 18.4 Å². The first-order valence-corrected chi connectivity index (χ1v) is 14.0. The molecule has 37 heavy (non-hydrogen) atoms. The van der Waals surface area contributed by atoms with Gasteiger partial charge in [0.25, 0.3) is 0 Å². The zero-order valence-electron chi connectivity index (χ0n) is 20.7. The first kappa shape index (κ1) is 26.0. The van der Waals surface area contributed by atoms with Gasteiger partial charge in [-0.3, -0.25) is 0 Å². The standard InChI is InChI=1S/C23H28ClFN6O5S/c1-11-10-36-20-12(7-14(25)18-19(20)31(11)21(28-18)23(2,3)33)17-13(24)8-26-22(29-17)27-15-5-6-30(9-16(15)32)37(4,34)35/h7-8,11,15-16,32-33H,5-6,9-10H2,1-4H3,(H,26,27,29)/t11-,15-,16-/m1/s1. The Morgan fingerprint density at radius 3 is 2.70 bits per heavy atom. The predicted molar refractivity (Wildman–Crippen MR) is 136 cm³/mol. The van der Waals surface area contributed by atoms with Crippen LogP contribution in [0.3, 0.4) is 0 Å². The molecule has 0 spiro atoms. The lowest BCUT2D eigenvalue weighted by atomic mass is 10.0. The van der Waals surface area contributed by atoms with E-state index in [-0.39, 0.29) is 47.9 Å². The Bertz CT molecular complexity index is 1490. The number of halogens is 2. The summed E-state index contributed by atoms with van der Waals surface area (Å²) < 4.78 is 48.0. The molecule has 2 aliphatic heterocycles. The van der Waals surface area contributed by atoms with Gasteiger partial charge in [-0.05, 0) is 33.3 Å². The molecule has 2 aromatic heterocycles. The topological polar surface area (TPSA) is 143 Å². The highest BCUT2D eigenvalue weighted by atomic mass is 35.5. The van der Waals surface area contributed by atoms with Gasteiger partial charge in [0.15, 0.2) is 11.6 Å². The van der Waals surface area contributed by atoms with Crippen LogP contribution in [0.25, 0.3) is 22.3 Å². The number of rotatable bonds is 5. The van der Waals surface area contributed by atoms with Crippen molar-refractivity contribution in [1.29, 1.82) is 0 Å². The fraction of sp³-hybridized carbons (Fsp3) is 0.522. The Kier molecular flexibility index (Phi) is 6.35. The summed E-state index contributed by atoms with van der Waals surface area (Å²) in [6, 6.07) is 0.541. The van der Waals surface area contributed by atoms with Crippen molar-refractivity contribution < 1.29 is 27.8 Å². The Balaban J connectivity index is 1.55. The van der Waals surface area contributed by atoms with Crippen LogP contribution in [0.5, 0.6) is 5.75 Å². The van der Waals surface area contributed by atoms with Crippen molar-refractivity contribution in [2.45, 2.75) is 51.0 Å². The normalized spacial score (nSPS) is 22.8. The summed E-state index contributed by atoms with van der Waals surface area (Å²) in [5, 5.41) is 24.4. The molecule has 1 fully saturated rings. The predicted octanol–water partition coefficient (Wildman–Crippen LogP) is 2.27. The quantitative estimate of drug-likeness (QED) is 0.433. The lowest BCUT2D eigenvalue weighted by Crippen LogP contribution is -2.51. The van der Waals surface area contributed by atoms with Gasteiger partial charge in [0.2, 0.25) is 16.0 Å². The molecule has 1 saturated heterocycles. The van der Waals surface area contributed by atoms with Crippen LogP contribution in [0, 0.1) is 5.82 Å². The van der Waals surface area contributed by atoms with E-state index >= 15 is 4.39 Å². The molecule has 0 aliphatic carbocycles. The number of aliphatic hydroxyl groups excluding tert-OH is 1. The van der Waals surface area contributed by atoms with E-state index in [0.717, 1.165) is 6.26 Å². The lowest BCUT2D eigenvalue weighted by molar-refractivity contribution is 0.0616. The molecule has 11 nitrogen and oxygen atoms in total. The van der Waals surface area contributed by atoms with Crippen LogP contribution in [0.4, 0.5) is 10.3 Å². The van der Waals surface area contributed by atoms with Gasteiger partial charge >= 0.3 is 0 Å². The SMILES string of the molecule is C[C@@H]1COc2c(-c3nc(N[C@@H]4CCN(S(C)(=O)=O)C[C@H]4O)ncc3Cl)cc(F)c3nc(C(C)(C)O)n1c23. The molecule has 0 radical (unpaired) electrons. The maximum Gasteiger partial charge on any atom is 0.223 e. The van der Waals surface area contributed by atoms with Gasteiger partial charge in [-0.25, -0.2) is 27.8 Å². The maximum atomic E-state index is 15.4. The fourth-order valence-corrected chi connectivity index (χ4v) is 5.88. The molecule has 3 aromatic rings. The number of β-amino-alcohol motifs (C(OH)–C–C–N with tert-alkyl or cyclic N) is 1. The van der Waals surface area contributed by atoms with Crippen LogP contribution >= 0.6 is 11.6 Å². The molecule has 4 heterocycles. The van der Waals surface area contributed by atoms with Crippen molar-refractivity contribution in [2.75, 3.05) is 31.3 Å². The number of nitrogens with zero attached hydrogens (tertiary/aromatic N) is 5. The highest BCUT2D eigenvalue weighted by Crippen LogP contribution is 2.45. The summed E-state index contributed by atoms with van der Waals surface area (Å²) >= 11 is 6.45. The molecule has 200 valence electrons. The van der Waals surface area contributed by atoms with Gasteiger partial charge < -0.3 is 24.8 Å². The number of imidazole rings is 1. The van der Waals surface area contributed by atoms with Crippen LogP contribution < -0.4 is 10.1 Å². The van der Waals surface area contributed by atoms with Crippen molar-refractivity contribution in [2.24, 2.45) is 0 Å². The van der Waals surface area contributed by atoms with Crippen molar-refractivity contribution in [1.82, 2.24) is 23.8 Å². The van der Waals surface area contributed by atoms with Crippen LogP contribution in [0.2, 0.25) is 5.02 Å². The molecule has 0 bridgehead atoms. The number of hydrogen-bond donors (Lipinski definition) is 3. The van der Waals surface area contributed by atoms with Gasteiger partial charge in [-0.2, -0.15) is 4.31 Å². The summed E-state index contributed by atoms with van der Waals surface area (Å²) in [5.41, 5.74) is -0.329. The number of piperidine rings is 1. The first-order chi connectivity index (χ1) is 17.3. The van der Waals surface area contributed by atoms with Gasteiger partial charge in [-0.15, -0.1) is 0 Å². The number of nitrogens with one attached hydrogen (secondary N) is 1. The smallest absolute Gasteiger partial charge is 0.223 e. The lowest BCUT2D eigenvalue weighted by Gasteiger charge is -2.34. The van der Waals surface area contributed by atoms with Crippen LogP contribution in [-0.2, 0) is 15.6 Å². The number of anilines is 1. The second-order valence-electron chi connectivity index (χ2n) is 10.1. The summed E-state index contributed by atoms with van der Waals surface area (Å²) in [4.78, 5) is 13.1. The van der Waals surface area contributed by atoms with Crippen molar-refractivity contribution >= 4 is 38.6 Å². The Morgan fingerprint density at radius 2 is 2.05 bits per heavy atom. The molecule has 14 heteroatoms. The first-order valence-electron chi connectivity index (χ1n) is 11.8. The molecule has 5 rings (SSSR count). The largest absolute Gasteiger partial charge is 0.488 e. The zero-order valence-corrected chi connectivity index (χ0v) is 22.3. The Labute approximate surface area is 218 Å². The minimum atomic E-state index is -3.42. The van der Waals surface area contributed by atoms with Crippen molar-refractivity contribution in [3.63, 3.8) is 0 Å². The van der Waals surface area contributed by atoms with Gasteiger partial charge in [0, 0.05) is 18.7 Å². The van der Waals surface area contributed by atoms with Crippen LogP contribution in [0.1, 0.15) is 39.1 Å². The van der Waals surface area contributed by atoms with E-state index in [1.165, 1.54) is 16.6 Å². The second-order valence-corrected chi connectivity index (χ2v) is 12.5. The minimum absolute atomic E-state index is 0.0530. The number of hydrogen-bond acceptors (Lipinski definition) is 9. The Morgan fingerprint density at radius 1 is 1.32 bits per heavy atom. The summed E-state index contributed by atoms with van der Waals surface area (Å²) in [7, 11) is -3.42. The number of aliphatic hydroxyl groups is 2. The molecular weight excluding hydrogens is 527 g/mol. The molecule has 0 saturated carbocycles. The van der Waals surface area contributed by atoms with Crippen LogP contribution in [0.15, 0.2) is 12.3 Å². The third-order valence-electron chi connectivity index (χ3n) is 6.65. The van der Waals surface area contributed by atoms with Gasteiger partial charge in [0.1, 0.15) is 29.1 Å². The number of benzene rings is 1. The zero-order chi connectivity index (χ0) is 26.9. The van der Waals surface area contributed by atoms with E-state index in [0.29, 0.717) is 29.1 Å². The highest BCUT2D eigenvalue weighted by molar-refractivity contribution is 7.88. The molecular formula is C23H28ClFN6O5S. The second kappa shape index (κ2) is 9.02. The summed E-state index contributed by atoms with van der Waals surface area (Å²) in [5.74, 6) is 0.175. The number of sulfonamides is 1.